The predicted molar refractivity (Wildman–Crippen MR) is 80.4 cm³/mol. The van der Waals surface area contributed by atoms with Crippen molar-refractivity contribution in [1.29, 1.82) is 0 Å². The molecule has 0 bridgehead atoms. The number of likely N-dealkylation sites (N-methyl/N-ethyl adjacent to an activating group) is 1. The molecule has 21 heavy (non-hydrogen) atoms. The van der Waals surface area contributed by atoms with Crippen LogP contribution in [0.25, 0.3) is 11.3 Å². The molecule has 0 saturated carbocycles. The zero-order chi connectivity index (χ0) is 14.9. The van der Waals surface area contributed by atoms with Crippen LogP contribution in [0, 0.1) is 0 Å². The van der Waals surface area contributed by atoms with E-state index in [1.165, 1.54) is 0 Å². The van der Waals surface area contributed by atoms with Crippen LogP contribution in [-0.2, 0) is 10.0 Å². The van der Waals surface area contributed by atoms with Gasteiger partial charge in [-0.3, -0.25) is 0 Å². The van der Waals surface area contributed by atoms with E-state index in [0.29, 0.717) is 29.3 Å². The van der Waals surface area contributed by atoms with Gasteiger partial charge in [0, 0.05) is 31.7 Å². The Morgan fingerprint density at radius 1 is 1.00 bits per heavy atom. The van der Waals surface area contributed by atoms with E-state index >= 15 is 0 Å². The van der Waals surface area contributed by atoms with Gasteiger partial charge in [0.2, 0.25) is 10.0 Å². The van der Waals surface area contributed by atoms with Crippen molar-refractivity contribution in [3.05, 3.63) is 42.7 Å². The van der Waals surface area contributed by atoms with Crippen LogP contribution < -0.4 is 0 Å². The smallest absolute Gasteiger partial charge is 0.243 e. The van der Waals surface area contributed by atoms with Gasteiger partial charge in [0.05, 0.1) is 11.2 Å². The van der Waals surface area contributed by atoms with E-state index in [-0.39, 0.29) is 0 Å². The minimum atomic E-state index is -3.50. The first kappa shape index (κ1) is 14.3. The van der Waals surface area contributed by atoms with E-state index < -0.39 is 10.0 Å². The number of rotatable bonds is 3. The monoisotopic (exact) mass is 306 g/mol. The van der Waals surface area contributed by atoms with Crippen LogP contribution in [0.5, 0.6) is 0 Å². The SMILES string of the molecule is CN1CCN(S(=O)(=O)c2ccccc2-c2ccco2)CC1. The van der Waals surface area contributed by atoms with E-state index in [9.17, 15) is 8.42 Å². The maximum absolute atomic E-state index is 12.9. The Labute approximate surface area is 124 Å². The molecule has 0 spiro atoms. The Balaban J connectivity index is 2.00. The second-order valence-electron chi connectivity index (χ2n) is 5.18. The molecule has 1 aliphatic rings. The summed E-state index contributed by atoms with van der Waals surface area (Å²) in [5, 5.41) is 0. The molecule has 2 heterocycles. The highest BCUT2D eigenvalue weighted by Crippen LogP contribution is 2.29. The fourth-order valence-electron chi connectivity index (χ4n) is 2.49. The minimum Gasteiger partial charge on any atom is -0.464 e. The van der Waals surface area contributed by atoms with Gasteiger partial charge in [0.25, 0.3) is 0 Å². The zero-order valence-corrected chi connectivity index (χ0v) is 12.7. The molecule has 3 rings (SSSR count). The third-order valence-electron chi connectivity index (χ3n) is 3.75. The average Bonchev–Trinajstić information content (AvgIpc) is 3.02. The summed E-state index contributed by atoms with van der Waals surface area (Å²) in [5.41, 5.74) is 0.612. The topological polar surface area (TPSA) is 53.8 Å². The maximum Gasteiger partial charge on any atom is 0.243 e. The van der Waals surface area contributed by atoms with Gasteiger partial charge >= 0.3 is 0 Å². The molecule has 0 amide bonds. The second-order valence-corrected chi connectivity index (χ2v) is 7.09. The zero-order valence-electron chi connectivity index (χ0n) is 11.9. The summed E-state index contributed by atoms with van der Waals surface area (Å²) in [7, 11) is -1.49. The Bertz CT molecular complexity index is 702. The van der Waals surface area contributed by atoms with Crippen molar-refractivity contribution in [2.45, 2.75) is 4.90 Å². The lowest BCUT2D eigenvalue weighted by Crippen LogP contribution is -2.47. The van der Waals surface area contributed by atoms with Crippen LogP contribution in [0.2, 0.25) is 0 Å². The number of nitrogens with zero attached hydrogens (tertiary/aromatic N) is 2. The van der Waals surface area contributed by atoms with E-state index in [1.54, 1.807) is 40.9 Å². The molecule has 0 radical (unpaired) electrons. The van der Waals surface area contributed by atoms with Crippen LogP contribution in [0.4, 0.5) is 0 Å². The van der Waals surface area contributed by atoms with Crippen molar-refractivity contribution in [3.63, 3.8) is 0 Å². The lowest BCUT2D eigenvalue weighted by Gasteiger charge is -2.31. The number of sulfonamides is 1. The number of piperazine rings is 1. The lowest BCUT2D eigenvalue weighted by atomic mass is 10.2. The molecule has 6 heteroatoms. The summed E-state index contributed by atoms with van der Waals surface area (Å²) in [6, 6.07) is 10.5. The molecule has 1 aromatic carbocycles. The van der Waals surface area contributed by atoms with Gasteiger partial charge in [-0.1, -0.05) is 12.1 Å². The van der Waals surface area contributed by atoms with Gasteiger partial charge in [-0.15, -0.1) is 0 Å². The largest absolute Gasteiger partial charge is 0.464 e. The molecule has 1 aromatic heterocycles. The van der Waals surface area contributed by atoms with Gasteiger partial charge in [-0.25, -0.2) is 8.42 Å². The van der Waals surface area contributed by atoms with Crippen LogP contribution in [-0.4, -0.2) is 50.8 Å². The van der Waals surface area contributed by atoms with E-state index in [0.717, 1.165) is 13.1 Å². The van der Waals surface area contributed by atoms with Gasteiger partial charge in [-0.05, 0) is 31.3 Å². The summed E-state index contributed by atoms with van der Waals surface area (Å²) in [6.45, 7) is 2.54. The van der Waals surface area contributed by atoms with Crippen LogP contribution >= 0.6 is 0 Å². The summed E-state index contributed by atoms with van der Waals surface area (Å²) >= 11 is 0. The predicted octanol–water partition coefficient (Wildman–Crippen LogP) is 1.88. The number of hydrogen-bond donors (Lipinski definition) is 0. The Kier molecular flexibility index (Phi) is 3.84. The lowest BCUT2D eigenvalue weighted by molar-refractivity contribution is 0.222. The quantitative estimate of drug-likeness (QED) is 0.869. The van der Waals surface area contributed by atoms with Gasteiger partial charge in [-0.2, -0.15) is 4.31 Å². The summed E-state index contributed by atoms with van der Waals surface area (Å²) in [6.07, 6.45) is 1.55. The van der Waals surface area contributed by atoms with E-state index in [2.05, 4.69) is 4.90 Å². The average molecular weight is 306 g/mol. The van der Waals surface area contributed by atoms with Gasteiger partial charge < -0.3 is 9.32 Å². The van der Waals surface area contributed by atoms with Crippen molar-refractivity contribution in [2.24, 2.45) is 0 Å². The Morgan fingerprint density at radius 2 is 1.71 bits per heavy atom. The molecule has 112 valence electrons. The molecule has 1 aliphatic heterocycles. The highest BCUT2D eigenvalue weighted by Gasteiger charge is 2.29. The first-order valence-electron chi connectivity index (χ1n) is 6.90. The molecule has 0 atom stereocenters. The fraction of sp³-hybridized carbons (Fsp3) is 0.333. The number of furan rings is 1. The van der Waals surface area contributed by atoms with Crippen molar-refractivity contribution < 1.29 is 12.8 Å². The standard InChI is InChI=1S/C15H18N2O3S/c1-16-8-10-17(11-9-16)21(18,19)15-7-3-2-5-13(15)14-6-4-12-20-14/h2-7,12H,8-11H2,1H3. The molecule has 1 saturated heterocycles. The first-order chi connectivity index (χ1) is 10.1. The van der Waals surface area contributed by atoms with Crippen molar-refractivity contribution in [2.75, 3.05) is 33.2 Å². The highest BCUT2D eigenvalue weighted by atomic mass is 32.2. The molecule has 1 fully saturated rings. The van der Waals surface area contributed by atoms with Crippen molar-refractivity contribution in [3.8, 4) is 11.3 Å². The molecule has 2 aromatic rings. The van der Waals surface area contributed by atoms with Crippen LogP contribution in [0.3, 0.4) is 0 Å². The second kappa shape index (κ2) is 5.63. The van der Waals surface area contributed by atoms with E-state index in [1.807, 2.05) is 13.1 Å². The van der Waals surface area contributed by atoms with E-state index in [4.69, 9.17) is 4.42 Å². The Morgan fingerprint density at radius 3 is 2.38 bits per heavy atom. The van der Waals surface area contributed by atoms with Gasteiger partial charge in [0.1, 0.15) is 5.76 Å². The third kappa shape index (κ3) is 2.74. The summed E-state index contributed by atoms with van der Waals surface area (Å²) in [5.74, 6) is 0.573. The van der Waals surface area contributed by atoms with Crippen molar-refractivity contribution in [1.82, 2.24) is 9.21 Å². The van der Waals surface area contributed by atoms with Gasteiger partial charge in [0.15, 0.2) is 0 Å². The summed E-state index contributed by atoms with van der Waals surface area (Å²) < 4.78 is 32.7. The molecule has 0 aliphatic carbocycles. The van der Waals surface area contributed by atoms with Crippen molar-refractivity contribution >= 4 is 10.0 Å². The Hall–Kier alpha value is -1.63. The molecular weight excluding hydrogens is 288 g/mol. The first-order valence-corrected chi connectivity index (χ1v) is 8.34. The molecule has 0 unspecified atom stereocenters. The number of benzene rings is 1. The third-order valence-corrected chi connectivity index (χ3v) is 5.71. The maximum atomic E-state index is 12.9. The number of hydrogen-bond acceptors (Lipinski definition) is 4. The van der Waals surface area contributed by atoms with Crippen LogP contribution in [0.15, 0.2) is 52.0 Å². The summed E-state index contributed by atoms with van der Waals surface area (Å²) in [4.78, 5) is 2.44. The molecular formula is C15H18N2O3S. The highest BCUT2D eigenvalue weighted by molar-refractivity contribution is 7.89. The molecule has 5 nitrogen and oxygen atoms in total. The molecule has 0 N–H and O–H groups in total. The minimum absolute atomic E-state index is 0.310. The van der Waals surface area contributed by atoms with Crippen LogP contribution in [0.1, 0.15) is 0 Å². The normalized spacial score (nSPS) is 18.0. The fourth-order valence-corrected chi connectivity index (χ4v) is 4.11.